The highest BCUT2D eigenvalue weighted by Gasteiger charge is 2.14. The largest absolute Gasteiger partial charge is 0.484 e. The number of carbonyl (C=O) groups is 1. The van der Waals surface area contributed by atoms with Gasteiger partial charge in [-0.25, -0.2) is 9.37 Å². The molecule has 0 saturated heterocycles. The Morgan fingerprint density at radius 3 is 2.79 bits per heavy atom. The molecule has 0 unspecified atom stereocenters. The quantitative estimate of drug-likeness (QED) is 0.721. The summed E-state index contributed by atoms with van der Waals surface area (Å²) in [6.07, 6.45) is 3.94. The average Bonchev–Trinajstić information content (AvgIpc) is 2.98. The molecule has 0 aliphatic carbocycles. The number of hydrogen-bond donors (Lipinski definition) is 1. The summed E-state index contributed by atoms with van der Waals surface area (Å²) in [6, 6.07) is 11.0. The lowest BCUT2D eigenvalue weighted by Crippen LogP contribution is -2.28. The van der Waals surface area contributed by atoms with Gasteiger partial charge in [0.25, 0.3) is 11.5 Å². The van der Waals surface area contributed by atoms with E-state index in [0.29, 0.717) is 23.2 Å². The molecule has 0 atom stereocenters. The smallest absolute Gasteiger partial charge is 0.261 e. The summed E-state index contributed by atoms with van der Waals surface area (Å²) in [5.41, 5.74) is 1.39. The number of fused-ring (bicyclic) bond motifs is 2. The van der Waals surface area contributed by atoms with Gasteiger partial charge in [0.15, 0.2) is 6.61 Å². The van der Waals surface area contributed by atoms with Gasteiger partial charge in [0.05, 0.1) is 10.9 Å². The summed E-state index contributed by atoms with van der Waals surface area (Å²) in [5, 5.41) is 3.22. The fourth-order valence-electron chi connectivity index (χ4n) is 3.49. The van der Waals surface area contributed by atoms with Crippen LogP contribution < -0.4 is 15.6 Å². The molecule has 6 nitrogen and oxygen atoms in total. The van der Waals surface area contributed by atoms with Crippen LogP contribution in [0.25, 0.3) is 10.9 Å². The minimum Gasteiger partial charge on any atom is -0.484 e. The summed E-state index contributed by atoms with van der Waals surface area (Å²) in [5.74, 6) is 0.671. The first-order valence-electron chi connectivity index (χ1n) is 9.77. The molecule has 150 valence electrons. The first-order chi connectivity index (χ1) is 14.1. The van der Waals surface area contributed by atoms with E-state index in [1.165, 1.54) is 12.1 Å². The molecule has 2 aromatic carbocycles. The summed E-state index contributed by atoms with van der Waals surface area (Å²) in [4.78, 5) is 29.5. The highest BCUT2D eigenvalue weighted by Crippen LogP contribution is 2.19. The van der Waals surface area contributed by atoms with Crippen LogP contribution in [-0.2, 0) is 24.3 Å². The summed E-state index contributed by atoms with van der Waals surface area (Å²) in [7, 11) is 0. The number of aromatic nitrogens is 2. The van der Waals surface area contributed by atoms with Crippen molar-refractivity contribution in [2.24, 2.45) is 0 Å². The van der Waals surface area contributed by atoms with E-state index < -0.39 is 0 Å². The molecule has 1 N–H and O–H groups in total. The molecule has 0 saturated carbocycles. The zero-order chi connectivity index (χ0) is 20.2. The maximum atomic E-state index is 12.9. The third-order valence-electron chi connectivity index (χ3n) is 5.06. The zero-order valence-corrected chi connectivity index (χ0v) is 16.0. The molecule has 4 rings (SSSR count). The first-order valence-corrected chi connectivity index (χ1v) is 9.77. The van der Waals surface area contributed by atoms with E-state index in [0.717, 1.165) is 37.1 Å². The number of rotatable bonds is 5. The van der Waals surface area contributed by atoms with E-state index in [9.17, 15) is 14.0 Å². The van der Waals surface area contributed by atoms with E-state index in [1.54, 1.807) is 34.9 Å². The highest BCUT2D eigenvalue weighted by molar-refractivity contribution is 5.80. The average molecular weight is 395 g/mol. The summed E-state index contributed by atoms with van der Waals surface area (Å²) < 4.78 is 20.2. The van der Waals surface area contributed by atoms with Gasteiger partial charge < -0.3 is 10.1 Å². The second kappa shape index (κ2) is 8.43. The monoisotopic (exact) mass is 395 g/mol. The van der Waals surface area contributed by atoms with Crippen molar-refractivity contribution in [2.75, 3.05) is 6.61 Å². The predicted octanol–water partition coefficient (Wildman–Crippen LogP) is 2.96. The van der Waals surface area contributed by atoms with Gasteiger partial charge in [0, 0.05) is 19.5 Å². The second-order valence-electron chi connectivity index (χ2n) is 7.17. The molecule has 0 radical (unpaired) electrons. The molecular weight excluding hydrogens is 373 g/mol. The van der Waals surface area contributed by atoms with Crippen molar-refractivity contribution in [2.45, 2.75) is 38.8 Å². The molecule has 1 aliphatic rings. The molecule has 0 fully saturated rings. The molecule has 3 aromatic rings. The fraction of sp³-hybridized carbons (Fsp3) is 0.318. The Hall–Kier alpha value is -3.22. The number of nitrogens with zero attached hydrogens (tertiary/aromatic N) is 2. The summed E-state index contributed by atoms with van der Waals surface area (Å²) in [6.45, 7) is 0.804. The maximum absolute atomic E-state index is 12.9. The third kappa shape index (κ3) is 4.45. The van der Waals surface area contributed by atoms with Gasteiger partial charge in [-0.15, -0.1) is 0 Å². The molecule has 29 heavy (non-hydrogen) atoms. The molecule has 1 aliphatic heterocycles. The molecule has 0 bridgehead atoms. The highest BCUT2D eigenvalue weighted by atomic mass is 19.1. The first kappa shape index (κ1) is 19.1. The van der Waals surface area contributed by atoms with Crippen LogP contribution >= 0.6 is 0 Å². The van der Waals surface area contributed by atoms with Crippen molar-refractivity contribution in [1.82, 2.24) is 14.9 Å². The molecular formula is C22H22FN3O3. The van der Waals surface area contributed by atoms with Crippen LogP contribution in [0, 0.1) is 5.82 Å². The number of amides is 1. The molecule has 7 heteroatoms. The van der Waals surface area contributed by atoms with Crippen molar-refractivity contribution in [3.05, 3.63) is 70.0 Å². The van der Waals surface area contributed by atoms with Crippen LogP contribution in [0.2, 0.25) is 0 Å². The van der Waals surface area contributed by atoms with E-state index in [-0.39, 0.29) is 30.4 Å². The second-order valence-corrected chi connectivity index (χ2v) is 7.17. The van der Waals surface area contributed by atoms with Crippen molar-refractivity contribution >= 4 is 16.8 Å². The predicted molar refractivity (Wildman–Crippen MR) is 107 cm³/mol. The van der Waals surface area contributed by atoms with Gasteiger partial charge >= 0.3 is 0 Å². The lowest BCUT2D eigenvalue weighted by atomic mass is 10.2. The van der Waals surface area contributed by atoms with Crippen LogP contribution in [0.4, 0.5) is 4.39 Å². The Bertz CT molecular complexity index is 1090. The lowest BCUT2D eigenvalue weighted by Gasteiger charge is -2.11. The maximum Gasteiger partial charge on any atom is 0.261 e. The van der Waals surface area contributed by atoms with Crippen molar-refractivity contribution < 1.29 is 13.9 Å². The van der Waals surface area contributed by atoms with Crippen LogP contribution in [0.3, 0.4) is 0 Å². The molecule has 1 aromatic heterocycles. The van der Waals surface area contributed by atoms with Crippen molar-refractivity contribution in [3.63, 3.8) is 0 Å². The SMILES string of the molecule is O=C(COc1ccc2nc3n(c(=O)c2c1)CCCCC3)NCc1ccc(F)cc1. The van der Waals surface area contributed by atoms with Crippen LogP contribution in [0.5, 0.6) is 5.75 Å². The minimum atomic E-state index is -0.318. The number of nitrogens with one attached hydrogen (secondary N) is 1. The van der Waals surface area contributed by atoms with Gasteiger partial charge in [-0.2, -0.15) is 0 Å². The number of ether oxygens (including phenoxy) is 1. The lowest BCUT2D eigenvalue weighted by molar-refractivity contribution is -0.123. The molecule has 0 spiro atoms. The van der Waals surface area contributed by atoms with E-state index >= 15 is 0 Å². The normalized spacial score (nSPS) is 13.6. The van der Waals surface area contributed by atoms with Gasteiger partial charge in [-0.05, 0) is 48.7 Å². The Balaban J connectivity index is 1.43. The summed E-state index contributed by atoms with van der Waals surface area (Å²) >= 11 is 0. The number of benzene rings is 2. The van der Waals surface area contributed by atoms with Crippen LogP contribution in [0.1, 0.15) is 30.7 Å². The van der Waals surface area contributed by atoms with Gasteiger partial charge in [-0.3, -0.25) is 14.2 Å². The Kier molecular flexibility index (Phi) is 5.55. The van der Waals surface area contributed by atoms with E-state index in [1.807, 2.05) is 0 Å². The molecule has 1 amide bonds. The minimum absolute atomic E-state index is 0.0573. The number of aryl methyl sites for hydroxylation is 1. The number of halogens is 1. The standard InChI is InChI=1S/C22H22FN3O3/c23-16-7-5-15(6-8-16)13-24-21(27)14-29-17-9-10-19-18(12-17)22(28)26-11-3-1-2-4-20(26)25-19/h5-10,12H,1-4,11,13-14H2,(H,24,27). The van der Waals surface area contributed by atoms with Gasteiger partial charge in [0.2, 0.25) is 0 Å². The van der Waals surface area contributed by atoms with E-state index in [2.05, 4.69) is 10.3 Å². The van der Waals surface area contributed by atoms with E-state index in [4.69, 9.17) is 4.74 Å². The van der Waals surface area contributed by atoms with Gasteiger partial charge in [-0.1, -0.05) is 18.6 Å². The number of carbonyl (C=O) groups excluding carboxylic acids is 1. The third-order valence-corrected chi connectivity index (χ3v) is 5.06. The fourth-order valence-corrected chi connectivity index (χ4v) is 3.49. The Morgan fingerprint density at radius 2 is 1.97 bits per heavy atom. The topological polar surface area (TPSA) is 73.2 Å². The van der Waals surface area contributed by atoms with Crippen molar-refractivity contribution in [1.29, 1.82) is 0 Å². The molecule has 2 heterocycles. The zero-order valence-electron chi connectivity index (χ0n) is 16.0. The number of hydrogen-bond acceptors (Lipinski definition) is 4. The van der Waals surface area contributed by atoms with Gasteiger partial charge in [0.1, 0.15) is 17.4 Å². The van der Waals surface area contributed by atoms with Crippen molar-refractivity contribution in [3.8, 4) is 5.75 Å². The van der Waals surface area contributed by atoms with Crippen LogP contribution in [-0.4, -0.2) is 22.1 Å². The van der Waals surface area contributed by atoms with Crippen LogP contribution in [0.15, 0.2) is 47.3 Å². The Morgan fingerprint density at radius 1 is 1.14 bits per heavy atom. The Labute approximate surface area is 167 Å².